The summed E-state index contributed by atoms with van der Waals surface area (Å²) in [6, 6.07) is 11.4. The van der Waals surface area contributed by atoms with Gasteiger partial charge in [0.25, 0.3) is 0 Å². The Morgan fingerprint density at radius 2 is 1.84 bits per heavy atom. The van der Waals surface area contributed by atoms with E-state index in [1.807, 2.05) is 50.2 Å². The van der Waals surface area contributed by atoms with Crippen LogP contribution in [0, 0.1) is 13.8 Å². The highest BCUT2D eigenvalue weighted by Gasteiger charge is 2.10. The molecule has 19 heavy (non-hydrogen) atoms. The molecule has 2 aromatic rings. The summed E-state index contributed by atoms with van der Waals surface area (Å²) in [5.41, 5.74) is 3.92. The van der Waals surface area contributed by atoms with Crippen molar-refractivity contribution in [3.63, 3.8) is 0 Å². The quantitative estimate of drug-likeness (QED) is 0.708. The molecule has 0 aliphatic heterocycles. The molecule has 0 N–H and O–H groups in total. The number of hydrogen-bond acceptors (Lipinski definition) is 1. The van der Waals surface area contributed by atoms with Crippen molar-refractivity contribution in [2.75, 3.05) is 0 Å². The van der Waals surface area contributed by atoms with Crippen LogP contribution in [0.2, 0.25) is 5.02 Å². The van der Waals surface area contributed by atoms with Crippen LogP contribution in [0.1, 0.15) is 27.0 Å². The molecular weight excluding hydrogens is 324 g/mol. The Morgan fingerprint density at radius 1 is 1.11 bits per heavy atom. The minimum Gasteiger partial charge on any atom is -0.294 e. The van der Waals surface area contributed by atoms with Gasteiger partial charge in [-0.05, 0) is 48.7 Å². The first kappa shape index (κ1) is 14.3. The molecule has 0 aliphatic carbocycles. The van der Waals surface area contributed by atoms with E-state index in [0.29, 0.717) is 11.4 Å². The summed E-state index contributed by atoms with van der Waals surface area (Å²) in [7, 11) is 0. The lowest BCUT2D eigenvalue weighted by molar-refractivity contribution is 0.0993. The van der Waals surface area contributed by atoms with Gasteiger partial charge in [0.15, 0.2) is 5.78 Å². The lowest BCUT2D eigenvalue weighted by Gasteiger charge is -2.06. The van der Waals surface area contributed by atoms with Crippen LogP contribution in [0.15, 0.2) is 40.9 Å². The second kappa shape index (κ2) is 5.89. The lowest BCUT2D eigenvalue weighted by Crippen LogP contribution is -2.04. The van der Waals surface area contributed by atoms with Crippen LogP contribution in [0.5, 0.6) is 0 Å². The topological polar surface area (TPSA) is 17.1 Å². The molecule has 0 heterocycles. The second-order valence-electron chi connectivity index (χ2n) is 4.63. The van der Waals surface area contributed by atoms with Crippen LogP contribution in [-0.2, 0) is 6.42 Å². The Morgan fingerprint density at radius 3 is 2.47 bits per heavy atom. The molecular formula is C16H14BrClO. The summed E-state index contributed by atoms with van der Waals surface area (Å²) >= 11 is 9.49. The molecule has 0 bridgehead atoms. The molecule has 0 aromatic heterocycles. The molecule has 0 saturated carbocycles. The van der Waals surface area contributed by atoms with Crippen molar-refractivity contribution in [2.45, 2.75) is 20.3 Å². The van der Waals surface area contributed by atoms with E-state index < -0.39 is 0 Å². The van der Waals surface area contributed by atoms with E-state index in [-0.39, 0.29) is 5.78 Å². The maximum atomic E-state index is 12.2. The number of halogens is 2. The number of hydrogen-bond donors (Lipinski definition) is 0. The van der Waals surface area contributed by atoms with Crippen LogP contribution < -0.4 is 0 Å². The molecule has 0 saturated heterocycles. The van der Waals surface area contributed by atoms with E-state index in [0.717, 1.165) is 21.2 Å². The zero-order valence-corrected chi connectivity index (χ0v) is 13.2. The van der Waals surface area contributed by atoms with Gasteiger partial charge in [0.1, 0.15) is 0 Å². The third-order valence-corrected chi connectivity index (χ3v) is 4.04. The van der Waals surface area contributed by atoms with Crippen molar-refractivity contribution in [3.05, 3.63) is 68.1 Å². The van der Waals surface area contributed by atoms with Gasteiger partial charge in [0, 0.05) is 21.5 Å². The SMILES string of the molecule is Cc1ccc(C(=O)Cc2ccc(Br)cc2Cl)cc1C. The number of aryl methyl sites for hydroxylation is 2. The van der Waals surface area contributed by atoms with Crippen LogP contribution in [0.3, 0.4) is 0 Å². The number of rotatable bonds is 3. The highest BCUT2D eigenvalue weighted by atomic mass is 79.9. The first-order valence-corrected chi connectivity index (χ1v) is 7.19. The van der Waals surface area contributed by atoms with E-state index in [9.17, 15) is 4.79 Å². The zero-order chi connectivity index (χ0) is 14.0. The van der Waals surface area contributed by atoms with Gasteiger partial charge in [0.2, 0.25) is 0 Å². The molecule has 0 fully saturated rings. The van der Waals surface area contributed by atoms with E-state index in [1.165, 1.54) is 5.56 Å². The van der Waals surface area contributed by atoms with Crippen LogP contribution in [-0.4, -0.2) is 5.78 Å². The standard InChI is InChI=1S/C16H14BrClO/c1-10-3-4-13(7-11(10)2)16(19)8-12-5-6-14(17)9-15(12)18/h3-7,9H,8H2,1-2H3. The molecule has 0 amide bonds. The van der Waals surface area contributed by atoms with Gasteiger partial charge >= 0.3 is 0 Å². The first-order chi connectivity index (χ1) is 8.97. The van der Waals surface area contributed by atoms with Gasteiger partial charge in [-0.25, -0.2) is 0 Å². The molecule has 1 nitrogen and oxygen atoms in total. The van der Waals surface area contributed by atoms with E-state index in [2.05, 4.69) is 15.9 Å². The van der Waals surface area contributed by atoms with Crippen LogP contribution in [0.25, 0.3) is 0 Å². The predicted octanol–water partition coefficient (Wildman–Crippen LogP) is 5.14. The van der Waals surface area contributed by atoms with Gasteiger partial charge in [-0.15, -0.1) is 0 Å². The van der Waals surface area contributed by atoms with Crippen molar-refractivity contribution in [1.82, 2.24) is 0 Å². The molecule has 0 spiro atoms. The Hall–Kier alpha value is -1.12. The van der Waals surface area contributed by atoms with Crippen molar-refractivity contribution >= 4 is 33.3 Å². The molecule has 0 aliphatic rings. The Kier molecular flexibility index (Phi) is 4.43. The highest BCUT2D eigenvalue weighted by molar-refractivity contribution is 9.10. The van der Waals surface area contributed by atoms with Gasteiger partial charge in [0.05, 0.1) is 0 Å². The fourth-order valence-electron chi connectivity index (χ4n) is 1.85. The maximum absolute atomic E-state index is 12.2. The van der Waals surface area contributed by atoms with Gasteiger partial charge in [-0.1, -0.05) is 45.7 Å². The smallest absolute Gasteiger partial charge is 0.167 e. The number of benzene rings is 2. The molecule has 3 heteroatoms. The van der Waals surface area contributed by atoms with Crippen LogP contribution in [0.4, 0.5) is 0 Å². The van der Waals surface area contributed by atoms with Crippen molar-refractivity contribution < 1.29 is 4.79 Å². The first-order valence-electron chi connectivity index (χ1n) is 6.02. The van der Waals surface area contributed by atoms with E-state index >= 15 is 0 Å². The third kappa shape index (κ3) is 3.46. The van der Waals surface area contributed by atoms with Crippen LogP contribution >= 0.6 is 27.5 Å². The number of ketones is 1. The summed E-state index contributed by atoms with van der Waals surface area (Å²) < 4.78 is 0.917. The van der Waals surface area contributed by atoms with E-state index in [4.69, 9.17) is 11.6 Å². The van der Waals surface area contributed by atoms with Crippen molar-refractivity contribution in [2.24, 2.45) is 0 Å². The molecule has 0 radical (unpaired) electrons. The lowest BCUT2D eigenvalue weighted by atomic mass is 9.99. The Labute approximate surface area is 126 Å². The number of Topliss-reactive ketones (excluding diaryl/α,β-unsaturated/α-hetero) is 1. The fourth-order valence-corrected chi connectivity index (χ4v) is 2.60. The van der Waals surface area contributed by atoms with Gasteiger partial charge < -0.3 is 0 Å². The molecule has 0 unspecified atom stereocenters. The monoisotopic (exact) mass is 336 g/mol. The Bertz CT molecular complexity index is 635. The maximum Gasteiger partial charge on any atom is 0.167 e. The molecule has 2 rings (SSSR count). The minimum absolute atomic E-state index is 0.0901. The summed E-state index contributed by atoms with van der Waals surface area (Å²) in [4.78, 5) is 12.2. The Balaban J connectivity index is 2.23. The van der Waals surface area contributed by atoms with Gasteiger partial charge in [-0.3, -0.25) is 4.79 Å². The summed E-state index contributed by atoms with van der Waals surface area (Å²) in [5, 5.41) is 0.617. The van der Waals surface area contributed by atoms with Crippen molar-refractivity contribution in [1.29, 1.82) is 0 Å². The molecule has 2 aromatic carbocycles. The highest BCUT2D eigenvalue weighted by Crippen LogP contribution is 2.23. The number of carbonyl (C=O) groups excluding carboxylic acids is 1. The van der Waals surface area contributed by atoms with Gasteiger partial charge in [-0.2, -0.15) is 0 Å². The summed E-state index contributed by atoms with van der Waals surface area (Å²) in [6.45, 7) is 4.05. The largest absolute Gasteiger partial charge is 0.294 e. The zero-order valence-electron chi connectivity index (χ0n) is 10.8. The average molecular weight is 338 g/mol. The minimum atomic E-state index is 0.0901. The molecule has 0 atom stereocenters. The summed E-state index contributed by atoms with van der Waals surface area (Å²) in [5.74, 6) is 0.0901. The second-order valence-corrected chi connectivity index (χ2v) is 5.96. The summed E-state index contributed by atoms with van der Waals surface area (Å²) in [6.07, 6.45) is 0.328. The predicted molar refractivity (Wildman–Crippen MR) is 83.1 cm³/mol. The molecule has 98 valence electrons. The number of carbonyl (C=O) groups is 1. The fraction of sp³-hybridized carbons (Fsp3) is 0.188. The van der Waals surface area contributed by atoms with Crippen molar-refractivity contribution in [3.8, 4) is 0 Å². The average Bonchev–Trinajstić information content (AvgIpc) is 2.36. The van der Waals surface area contributed by atoms with E-state index in [1.54, 1.807) is 0 Å². The third-order valence-electron chi connectivity index (χ3n) is 3.20. The normalized spacial score (nSPS) is 10.5.